The smallest absolute Gasteiger partial charge is 0.332 e. The van der Waals surface area contributed by atoms with Gasteiger partial charge in [0.25, 0.3) is 5.91 Å². The summed E-state index contributed by atoms with van der Waals surface area (Å²) in [7, 11) is 0. The van der Waals surface area contributed by atoms with Crippen molar-refractivity contribution in [1.82, 2.24) is 29.2 Å². The van der Waals surface area contributed by atoms with Crippen LogP contribution in [0.2, 0.25) is 0 Å². The number of carbonyl (C=O) groups excluding carboxylic acids is 1. The van der Waals surface area contributed by atoms with Crippen LogP contribution in [-0.4, -0.2) is 48.2 Å². The predicted molar refractivity (Wildman–Crippen MR) is 99.0 cm³/mol. The quantitative estimate of drug-likeness (QED) is 0.701. The molecule has 2 aromatic heterocycles. The van der Waals surface area contributed by atoms with E-state index in [-0.39, 0.29) is 17.7 Å². The first-order chi connectivity index (χ1) is 13.5. The zero-order valence-corrected chi connectivity index (χ0v) is 15.7. The third-order valence-corrected chi connectivity index (χ3v) is 6.30. The number of fused-ring (bicyclic) bond motifs is 3. The van der Waals surface area contributed by atoms with Crippen LogP contribution in [0, 0.1) is 18.8 Å². The summed E-state index contributed by atoms with van der Waals surface area (Å²) in [4.78, 5) is 47.8. The van der Waals surface area contributed by atoms with Crippen LogP contribution in [0.5, 0.6) is 0 Å². The van der Waals surface area contributed by atoms with E-state index in [9.17, 15) is 14.4 Å². The Hall–Kier alpha value is -2.84. The van der Waals surface area contributed by atoms with Crippen LogP contribution in [0.1, 0.15) is 47.2 Å². The fourth-order valence-corrected chi connectivity index (χ4v) is 4.46. The highest BCUT2D eigenvalue weighted by atomic mass is 16.2. The van der Waals surface area contributed by atoms with Gasteiger partial charge in [0.2, 0.25) is 0 Å². The van der Waals surface area contributed by atoms with Crippen LogP contribution >= 0.6 is 0 Å². The molecule has 3 aliphatic rings. The molecule has 1 amide bonds. The van der Waals surface area contributed by atoms with Crippen molar-refractivity contribution in [2.45, 2.75) is 45.2 Å². The lowest BCUT2D eigenvalue weighted by molar-refractivity contribution is 0.0776. The number of likely N-dealkylation sites (tertiary alicyclic amines) is 1. The van der Waals surface area contributed by atoms with Gasteiger partial charge < -0.3 is 4.90 Å². The van der Waals surface area contributed by atoms with E-state index in [1.54, 1.807) is 11.1 Å². The van der Waals surface area contributed by atoms with Crippen LogP contribution < -0.4 is 11.1 Å². The predicted octanol–water partition coefficient (Wildman–Crippen LogP) is 0.173. The normalized spacial score (nSPS) is 23.4. The minimum absolute atomic E-state index is 0.0247. The molecule has 0 N–H and O–H groups in total. The van der Waals surface area contributed by atoms with E-state index in [0.717, 1.165) is 18.5 Å². The van der Waals surface area contributed by atoms with Gasteiger partial charge in [0.1, 0.15) is 11.5 Å². The third kappa shape index (κ3) is 2.68. The first kappa shape index (κ1) is 17.3. The van der Waals surface area contributed by atoms with Gasteiger partial charge in [0.05, 0.1) is 11.9 Å². The molecular formula is C19H22N6O3. The molecule has 146 valence electrons. The molecule has 0 unspecified atom stereocenters. The van der Waals surface area contributed by atoms with Gasteiger partial charge in [-0.15, -0.1) is 0 Å². The molecule has 0 radical (unpaired) electrons. The van der Waals surface area contributed by atoms with Crippen LogP contribution in [0.3, 0.4) is 0 Å². The molecule has 9 nitrogen and oxygen atoms in total. The topological polar surface area (TPSA) is 103 Å². The Morgan fingerprint density at radius 3 is 2.61 bits per heavy atom. The van der Waals surface area contributed by atoms with Crippen molar-refractivity contribution < 1.29 is 4.79 Å². The Morgan fingerprint density at radius 1 is 1.11 bits per heavy atom. The van der Waals surface area contributed by atoms with Gasteiger partial charge >= 0.3 is 11.1 Å². The van der Waals surface area contributed by atoms with Crippen molar-refractivity contribution in [3.8, 4) is 0 Å². The number of rotatable bonds is 3. The molecule has 1 aliphatic carbocycles. The highest BCUT2D eigenvalue weighted by Gasteiger charge is 2.44. The van der Waals surface area contributed by atoms with Crippen molar-refractivity contribution >= 4 is 5.91 Å². The van der Waals surface area contributed by atoms with Gasteiger partial charge in [-0.25, -0.2) is 9.67 Å². The Morgan fingerprint density at radius 2 is 1.93 bits per heavy atom. The second-order valence-corrected chi connectivity index (χ2v) is 8.18. The largest absolute Gasteiger partial charge is 0.336 e. The Labute approximate surface area is 161 Å². The van der Waals surface area contributed by atoms with Crippen molar-refractivity contribution in [3.63, 3.8) is 0 Å². The fraction of sp³-hybridized carbons (Fsp3) is 0.579. The van der Waals surface area contributed by atoms with E-state index in [1.807, 2.05) is 6.92 Å². The third-order valence-electron chi connectivity index (χ3n) is 6.30. The van der Waals surface area contributed by atoms with Gasteiger partial charge in [-0.3, -0.25) is 23.9 Å². The summed E-state index contributed by atoms with van der Waals surface area (Å²) in [6.07, 6.45) is 6.42. The van der Waals surface area contributed by atoms with Crippen molar-refractivity contribution in [2.24, 2.45) is 11.8 Å². The molecule has 2 aromatic rings. The average Bonchev–Trinajstić information content (AvgIpc) is 3.21. The van der Waals surface area contributed by atoms with E-state index in [4.69, 9.17) is 0 Å². The van der Waals surface area contributed by atoms with Gasteiger partial charge in [0, 0.05) is 44.2 Å². The summed E-state index contributed by atoms with van der Waals surface area (Å²) in [5.41, 5.74) is 0.0714. The molecule has 2 atom stereocenters. The first-order valence-corrected chi connectivity index (χ1v) is 9.81. The van der Waals surface area contributed by atoms with Gasteiger partial charge in [-0.1, -0.05) is 6.42 Å². The fourth-order valence-electron chi connectivity index (χ4n) is 4.46. The maximum absolute atomic E-state index is 12.8. The van der Waals surface area contributed by atoms with Gasteiger partial charge in [0.15, 0.2) is 0 Å². The number of aryl methyl sites for hydroxylation is 1. The number of amides is 1. The van der Waals surface area contributed by atoms with E-state index in [1.165, 1.54) is 21.9 Å². The van der Waals surface area contributed by atoms with Crippen LogP contribution in [0.4, 0.5) is 0 Å². The standard InChI is InChI=1S/C19H22N6O3/c1-11-5-21-15(6-20-11)17(26)23-8-13-9-24-16(14(13)10-23)22-25(19(28)18(24)27)7-12-3-2-4-12/h5-6,12-14H,2-4,7-10H2,1H3/t13-,14-/m1/s1. The summed E-state index contributed by atoms with van der Waals surface area (Å²) in [6.45, 7) is 3.78. The molecule has 0 aromatic carbocycles. The van der Waals surface area contributed by atoms with Crippen molar-refractivity contribution in [1.29, 1.82) is 0 Å². The molecule has 1 saturated carbocycles. The second kappa shape index (κ2) is 6.35. The van der Waals surface area contributed by atoms with Crippen LogP contribution in [0.15, 0.2) is 22.0 Å². The van der Waals surface area contributed by atoms with E-state index in [2.05, 4.69) is 15.1 Å². The molecule has 0 spiro atoms. The molecule has 5 rings (SSSR count). The van der Waals surface area contributed by atoms with Crippen LogP contribution in [-0.2, 0) is 13.1 Å². The zero-order valence-electron chi connectivity index (χ0n) is 15.7. The lowest BCUT2D eigenvalue weighted by Crippen LogP contribution is -2.45. The number of aromatic nitrogens is 5. The lowest BCUT2D eigenvalue weighted by atomic mass is 9.85. The molecule has 9 heteroatoms. The number of hydrogen-bond acceptors (Lipinski definition) is 6. The maximum Gasteiger partial charge on any atom is 0.332 e. The highest BCUT2D eigenvalue weighted by Crippen LogP contribution is 2.37. The molecular weight excluding hydrogens is 360 g/mol. The summed E-state index contributed by atoms with van der Waals surface area (Å²) in [5, 5.41) is 4.56. The van der Waals surface area contributed by atoms with E-state index >= 15 is 0 Å². The van der Waals surface area contributed by atoms with Crippen LogP contribution in [0.25, 0.3) is 0 Å². The zero-order chi connectivity index (χ0) is 19.4. The minimum Gasteiger partial charge on any atom is -0.336 e. The molecule has 0 bridgehead atoms. The van der Waals surface area contributed by atoms with Gasteiger partial charge in [-0.2, -0.15) is 5.10 Å². The van der Waals surface area contributed by atoms with Crippen molar-refractivity contribution in [2.75, 3.05) is 13.1 Å². The molecule has 2 aliphatic heterocycles. The molecule has 28 heavy (non-hydrogen) atoms. The number of nitrogens with zero attached hydrogens (tertiary/aromatic N) is 6. The summed E-state index contributed by atoms with van der Waals surface area (Å²) >= 11 is 0. The Balaban J connectivity index is 1.41. The minimum atomic E-state index is -0.529. The number of hydrogen-bond donors (Lipinski definition) is 0. The number of carbonyl (C=O) groups is 1. The first-order valence-electron chi connectivity index (χ1n) is 9.81. The monoisotopic (exact) mass is 382 g/mol. The van der Waals surface area contributed by atoms with E-state index in [0.29, 0.717) is 43.6 Å². The molecule has 1 saturated heterocycles. The highest BCUT2D eigenvalue weighted by molar-refractivity contribution is 5.92. The summed E-state index contributed by atoms with van der Waals surface area (Å²) < 4.78 is 2.87. The molecule has 4 heterocycles. The van der Waals surface area contributed by atoms with Gasteiger partial charge in [-0.05, 0) is 25.7 Å². The Bertz CT molecular complexity index is 1050. The lowest BCUT2D eigenvalue weighted by Gasteiger charge is -2.25. The SMILES string of the molecule is Cc1cnc(C(=O)N2C[C@@H]3Cn4c(nn(CC5CCC5)c(=O)c4=O)[C@@H]3C2)cn1. The van der Waals surface area contributed by atoms with E-state index < -0.39 is 11.1 Å². The second-order valence-electron chi connectivity index (χ2n) is 8.18. The average molecular weight is 382 g/mol. The Kier molecular flexibility index (Phi) is 3.92. The summed E-state index contributed by atoms with van der Waals surface area (Å²) in [5.74, 6) is 0.995. The maximum atomic E-state index is 12.8. The van der Waals surface area contributed by atoms with Crippen molar-refractivity contribution in [3.05, 3.63) is 50.3 Å². The molecule has 2 fully saturated rings. The summed E-state index contributed by atoms with van der Waals surface area (Å²) in [6, 6.07) is 0.